The molecule has 0 aliphatic carbocycles. The highest BCUT2D eigenvalue weighted by atomic mass is 16.5. The van der Waals surface area contributed by atoms with Gasteiger partial charge in [0.1, 0.15) is 18.3 Å². The maximum absolute atomic E-state index is 12.2. The smallest absolute Gasteiger partial charge is 0.325 e. The number of rotatable bonds is 4. The van der Waals surface area contributed by atoms with Crippen molar-refractivity contribution in [2.75, 3.05) is 20.2 Å². The molecular weight excluding hydrogens is 246 g/mol. The second-order valence-corrected chi connectivity index (χ2v) is 3.84. The first-order valence-corrected chi connectivity index (χ1v) is 5.77. The summed E-state index contributed by atoms with van der Waals surface area (Å²) in [6.07, 6.45) is 0. The number of nitrogens with zero attached hydrogens (tertiary/aromatic N) is 3. The normalized spacial score (nSPS) is 9.58. The third kappa shape index (κ3) is 3.52. The van der Waals surface area contributed by atoms with Gasteiger partial charge in [-0.3, -0.25) is 9.59 Å². The first-order chi connectivity index (χ1) is 9.03. The Morgan fingerprint density at radius 3 is 2.63 bits per heavy atom. The molecule has 1 aromatic heterocycles. The predicted molar refractivity (Wildman–Crippen MR) is 67.3 cm³/mol. The lowest BCUT2D eigenvalue weighted by atomic mass is 10.2. The van der Waals surface area contributed by atoms with Gasteiger partial charge in [0.05, 0.1) is 18.4 Å². The molecule has 0 aliphatic rings. The fraction of sp³-hybridized carbons (Fsp3) is 0.385. The summed E-state index contributed by atoms with van der Waals surface area (Å²) in [6, 6.07) is 5.01. The van der Waals surface area contributed by atoms with Gasteiger partial charge in [-0.25, -0.2) is 4.98 Å². The van der Waals surface area contributed by atoms with Crippen LogP contribution in [0.4, 0.5) is 0 Å². The zero-order valence-electron chi connectivity index (χ0n) is 11.1. The maximum Gasteiger partial charge on any atom is 0.325 e. The lowest BCUT2D eigenvalue weighted by molar-refractivity contribution is -0.141. The molecule has 6 nitrogen and oxygen atoms in total. The number of hydrogen-bond donors (Lipinski definition) is 0. The average molecular weight is 261 g/mol. The topological polar surface area (TPSA) is 83.3 Å². The summed E-state index contributed by atoms with van der Waals surface area (Å²) >= 11 is 0. The summed E-state index contributed by atoms with van der Waals surface area (Å²) in [6.45, 7) is 3.67. The molecule has 0 aliphatic heterocycles. The van der Waals surface area contributed by atoms with E-state index in [1.165, 1.54) is 18.1 Å². The molecular formula is C13H15N3O3. The summed E-state index contributed by atoms with van der Waals surface area (Å²) in [4.78, 5) is 28.8. The number of amides is 1. The Morgan fingerprint density at radius 1 is 1.47 bits per heavy atom. The number of nitriles is 1. The van der Waals surface area contributed by atoms with E-state index in [0.717, 1.165) is 0 Å². The van der Waals surface area contributed by atoms with E-state index in [-0.39, 0.29) is 18.1 Å². The largest absolute Gasteiger partial charge is 0.468 e. The van der Waals surface area contributed by atoms with Crippen molar-refractivity contribution in [3.63, 3.8) is 0 Å². The minimum Gasteiger partial charge on any atom is -0.468 e. The van der Waals surface area contributed by atoms with Crippen LogP contribution in [0.5, 0.6) is 0 Å². The van der Waals surface area contributed by atoms with Gasteiger partial charge in [0.25, 0.3) is 5.91 Å². The molecule has 0 saturated carbocycles. The Hall–Kier alpha value is -2.42. The fourth-order valence-corrected chi connectivity index (χ4v) is 1.51. The molecule has 1 amide bonds. The molecule has 0 bridgehead atoms. The number of carbonyl (C=O) groups is 2. The van der Waals surface area contributed by atoms with Gasteiger partial charge in [-0.1, -0.05) is 0 Å². The number of aryl methyl sites for hydroxylation is 1. The second kappa shape index (κ2) is 6.50. The van der Waals surface area contributed by atoms with Crippen molar-refractivity contribution in [2.45, 2.75) is 13.8 Å². The first-order valence-electron chi connectivity index (χ1n) is 5.77. The third-order valence-corrected chi connectivity index (χ3v) is 2.64. The van der Waals surface area contributed by atoms with Gasteiger partial charge in [0.15, 0.2) is 0 Å². The van der Waals surface area contributed by atoms with Crippen LogP contribution in [0.1, 0.15) is 28.7 Å². The first kappa shape index (κ1) is 14.6. The fourth-order valence-electron chi connectivity index (χ4n) is 1.51. The van der Waals surface area contributed by atoms with E-state index in [4.69, 9.17) is 5.26 Å². The maximum atomic E-state index is 12.2. The monoisotopic (exact) mass is 261 g/mol. The van der Waals surface area contributed by atoms with Crippen molar-refractivity contribution >= 4 is 11.9 Å². The van der Waals surface area contributed by atoms with Gasteiger partial charge >= 0.3 is 5.97 Å². The van der Waals surface area contributed by atoms with Crippen LogP contribution < -0.4 is 0 Å². The third-order valence-electron chi connectivity index (χ3n) is 2.64. The van der Waals surface area contributed by atoms with Crippen LogP contribution in [0.3, 0.4) is 0 Å². The summed E-state index contributed by atoms with van der Waals surface area (Å²) < 4.78 is 4.53. The number of ether oxygens (including phenoxy) is 1. The van der Waals surface area contributed by atoms with Crippen molar-refractivity contribution in [3.05, 3.63) is 29.1 Å². The van der Waals surface area contributed by atoms with E-state index >= 15 is 0 Å². The molecule has 1 rings (SSSR count). The summed E-state index contributed by atoms with van der Waals surface area (Å²) in [7, 11) is 1.27. The molecule has 1 aromatic rings. The molecule has 0 spiro atoms. The number of carbonyl (C=O) groups excluding carboxylic acids is 2. The quantitative estimate of drug-likeness (QED) is 0.752. The van der Waals surface area contributed by atoms with Gasteiger partial charge < -0.3 is 9.64 Å². The molecule has 0 N–H and O–H groups in total. The minimum atomic E-state index is -0.486. The SMILES string of the molecule is CCN(CC(=O)OC)C(=O)c1ccc(C#N)c(C)n1. The number of pyridine rings is 1. The highest BCUT2D eigenvalue weighted by Gasteiger charge is 2.19. The van der Waals surface area contributed by atoms with E-state index in [2.05, 4.69) is 9.72 Å². The van der Waals surface area contributed by atoms with Gasteiger partial charge in [-0.15, -0.1) is 0 Å². The van der Waals surface area contributed by atoms with Crippen LogP contribution in [0, 0.1) is 18.3 Å². The van der Waals surface area contributed by atoms with Crippen LogP contribution in [-0.4, -0.2) is 42.0 Å². The Balaban J connectivity index is 2.95. The molecule has 0 radical (unpaired) electrons. The van der Waals surface area contributed by atoms with Gasteiger partial charge in [-0.2, -0.15) is 5.26 Å². The summed E-state index contributed by atoms with van der Waals surface area (Å²) in [5.41, 5.74) is 1.12. The van der Waals surface area contributed by atoms with E-state index in [1.807, 2.05) is 6.07 Å². The molecule has 0 atom stereocenters. The molecule has 6 heteroatoms. The van der Waals surface area contributed by atoms with Crippen LogP contribution in [0.25, 0.3) is 0 Å². The van der Waals surface area contributed by atoms with Crippen molar-refractivity contribution < 1.29 is 14.3 Å². The van der Waals surface area contributed by atoms with Crippen LogP contribution >= 0.6 is 0 Å². The van der Waals surface area contributed by atoms with Gasteiger partial charge in [-0.05, 0) is 26.0 Å². The summed E-state index contributed by atoms with van der Waals surface area (Å²) in [5.74, 6) is -0.846. The molecule has 0 unspecified atom stereocenters. The molecule has 19 heavy (non-hydrogen) atoms. The number of esters is 1. The minimum absolute atomic E-state index is 0.118. The Morgan fingerprint density at radius 2 is 2.16 bits per heavy atom. The lowest BCUT2D eigenvalue weighted by Gasteiger charge is -2.19. The van der Waals surface area contributed by atoms with Crippen molar-refractivity contribution in [1.29, 1.82) is 5.26 Å². The standard InChI is InChI=1S/C13H15N3O3/c1-4-16(8-12(17)19-3)13(18)11-6-5-10(7-14)9(2)15-11/h5-6H,4,8H2,1-3H3. The number of hydrogen-bond acceptors (Lipinski definition) is 5. The zero-order valence-corrected chi connectivity index (χ0v) is 11.1. The highest BCUT2D eigenvalue weighted by molar-refractivity contribution is 5.94. The number of methoxy groups -OCH3 is 1. The van der Waals surface area contributed by atoms with Crippen LogP contribution in [0.15, 0.2) is 12.1 Å². The average Bonchev–Trinajstić information content (AvgIpc) is 2.43. The Bertz CT molecular complexity index is 534. The predicted octanol–water partition coefficient (Wildman–Crippen LogP) is 0.897. The molecule has 0 fully saturated rings. The van der Waals surface area contributed by atoms with Crippen molar-refractivity contribution in [2.24, 2.45) is 0 Å². The van der Waals surface area contributed by atoms with Crippen molar-refractivity contribution in [1.82, 2.24) is 9.88 Å². The number of likely N-dealkylation sites (N-methyl/N-ethyl adjacent to an activating group) is 1. The number of aromatic nitrogens is 1. The summed E-state index contributed by atoms with van der Waals surface area (Å²) in [5, 5.41) is 8.81. The highest BCUT2D eigenvalue weighted by Crippen LogP contribution is 2.08. The molecule has 1 heterocycles. The second-order valence-electron chi connectivity index (χ2n) is 3.84. The van der Waals surface area contributed by atoms with Gasteiger partial charge in [0, 0.05) is 6.54 Å². The van der Waals surface area contributed by atoms with E-state index in [1.54, 1.807) is 19.9 Å². The molecule has 100 valence electrons. The van der Waals surface area contributed by atoms with Crippen LogP contribution in [0.2, 0.25) is 0 Å². The van der Waals surface area contributed by atoms with Crippen LogP contribution in [-0.2, 0) is 9.53 Å². The van der Waals surface area contributed by atoms with E-state index < -0.39 is 5.97 Å². The van der Waals surface area contributed by atoms with E-state index in [9.17, 15) is 9.59 Å². The zero-order chi connectivity index (χ0) is 14.4. The Kier molecular flexibility index (Phi) is 5.01. The lowest BCUT2D eigenvalue weighted by Crippen LogP contribution is -2.36. The molecule has 0 aromatic carbocycles. The Labute approximate surface area is 111 Å². The van der Waals surface area contributed by atoms with Gasteiger partial charge in [0.2, 0.25) is 0 Å². The van der Waals surface area contributed by atoms with E-state index in [0.29, 0.717) is 17.8 Å². The molecule has 0 saturated heterocycles. The van der Waals surface area contributed by atoms with Crippen molar-refractivity contribution in [3.8, 4) is 6.07 Å².